The molecule has 0 aromatic carbocycles. The average molecular weight is 245 g/mol. The molecule has 0 bridgehead atoms. The first-order valence-corrected chi connectivity index (χ1v) is 6.73. The lowest BCUT2D eigenvalue weighted by molar-refractivity contribution is 0.521. The fourth-order valence-corrected chi connectivity index (χ4v) is 2.20. The van der Waals surface area contributed by atoms with Crippen LogP contribution in [0.3, 0.4) is 0 Å². The van der Waals surface area contributed by atoms with E-state index in [-0.39, 0.29) is 0 Å². The van der Waals surface area contributed by atoms with Crippen LogP contribution in [0.2, 0.25) is 0 Å². The van der Waals surface area contributed by atoms with E-state index in [0.717, 1.165) is 18.7 Å². The molecule has 0 fully saturated rings. The van der Waals surface area contributed by atoms with Gasteiger partial charge in [-0.3, -0.25) is 0 Å². The summed E-state index contributed by atoms with van der Waals surface area (Å²) in [5.74, 6) is 0. The molecule has 0 atom stereocenters. The molecule has 0 amide bonds. The number of aromatic nitrogens is 1. The van der Waals surface area contributed by atoms with Crippen molar-refractivity contribution in [3.8, 4) is 0 Å². The monoisotopic (exact) mass is 245 g/mol. The molecule has 0 saturated carbocycles. The van der Waals surface area contributed by atoms with Gasteiger partial charge in [0.05, 0.1) is 4.90 Å². The van der Waals surface area contributed by atoms with Gasteiger partial charge in [0.1, 0.15) is 0 Å². The van der Waals surface area contributed by atoms with Gasteiger partial charge in [0.2, 0.25) is 10.0 Å². The van der Waals surface area contributed by atoms with Crippen molar-refractivity contribution in [2.75, 3.05) is 20.6 Å². The van der Waals surface area contributed by atoms with Crippen molar-refractivity contribution in [1.82, 2.24) is 14.6 Å². The third-order valence-electron chi connectivity index (χ3n) is 2.24. The summed E-state index contributed by atoms with van der Waals surface area (Å²) in [5.41, 5.74) is 0.883. The summed E-state index contributed by atoms with van der Waals surface area (Å²) in [6.07, 6.45) is 2.59. The van der Waals surface area contributed by atoms with Gasteiger partial charge in [0, 0.05) is 32.5 Å². The van der Waals surface area contributed by atoms with Crippen LogP contribution in [0.4, 0.5) is 0 Å². The minimum absolute atomic E-state index is 0.311. The van der Waals surface area contributed by atoms with Crippen LogP contribution in [0.15, 0.2) is 17.2 Å². The Balaban J connectivity index is 2.72. The summed E-state index contributed by atoms with van der Waals surface area (Å²) in [7, 11) is -0.262. The van der Waals surface area contributed by atoms with Crippen LogP contribution in [-0.4, -0.2) is 38.3 Å². The van der Waals surface area contributed by atoms with E-state index in [1.54, 1.807) is 6.07 Å². The van der Waals surface area contributed by atoms with Gasteiger partial charge < -0.3 is 10.3 Å². The molecule has 92 valence electrons. The van der Waals surface area contributed by atoms with Crippen molar-refractivity contribution in [3.05, 3.63) is 18.0 Å². The molecule has 1 aromatic rings. The maximum Gasteiger partial charge on any atom is 0.244 e. The molecule has 0 unspecified atom stereocenters. The highest BCUT2D eigenvalue weighted by molar-refractivity contribution is 7.89. The molecule has 6 heteroatoms. The number of hydrogen-bond acceptors (Lipinski definition) is 3. The van der Waals surface area contributed by atoms with E-state index in [1.165, 1.54) is 24.6 Å². The number of nitrogens with zero attached hydrogens (tertiary/aromatic N) is 1. The van der Waals surface area contributed by atoms with Crippen LogP contribution in [0.1, 0.15) is 19.0 Å². The summed E-state index contributed by atoms with van der Waals surface area (Å²) in [5, 5.41) is 3.21. The molecule has 1 rings (SSSR count). The summed E-state index contributed by atoms with van der Waals surface area (Å²) in [6, 6.07) is 1.66. The molecular formula is C10H19N3O2S. The van der Waals surface area contributed by atoms with Gasteiger partial charge in [-0.15, -0.1) is 0 Å². The zero-order valence-electron chi connectivity index (χ0n) is 9.95. The van der Waals surface area contributed by atoms with Gasteiger partial charge in [-0.25, -0.2) is 12.7 Å². The van der Waals surface area contributed by atoms with E-state index in [2.05, 4.69) is 17.2 Å². The van der Waals surface area contributed by atoms with Crippen molar-refractivity contribution in [3.63, 3.8) is 0 Å². The predicted molar refractivity (Wildman–Crippen MR) is 63.7 cm³/mol. The Morgan fingerprint density at radius 3 is 2.69 bits per heavy atom. The lowest BCUT2D eigenvalue weighted by atomic mass is 10.4. The molecule has 2 N–H and O–H groups in total. The van der Waals surface area contributed by atoms with Crippen LogP contribution in [0.5, 0.6) is 0 Å². The normalized spacial score (nSPS) is 12.2. The van der Waals surface area contributed by atoms with E-state index >= 15 is 0 Å². The fraction of sp³-hybridized carbons (Fsp3) is 0.600. The maximum absolute atomic E-state index is 11.8. The summed E-state index contributed by atoms with van der Waals surface area (Å²) in [6.45, 7) is 3.68. The molecule has 0 spiro atoms. The number of nitrogens with one attached hydrogen (secondary N) is 2. The van der Waals surface area contributed by atoms with E-state index < -0.39 is 10.0 Å². The number of H-pyrrole nitrogens is 1. The molecule has 16 heavy (non-hydrogen) atoms. The molecule has 0 aliphatic heterocycles. The van der Waals surface area contributed by atoms with Gasteiger partial charge in [-0.2, -0.15) is 0 Å². The highest BCUT2D eigenvalue weighted by atomic mass is 32.2. The SMILES string of the molecule is CCCNCc1cc(S(=O)(=O)N(C)C)c[nH]1. The van der Waals surface area contributed by atoms with Gasteiger partial charge in [0.15, 0.2) is 0 Å². The smallest absolute Gasteiger partial charge is 0.244 e. The quantitative estimate of drug-likeness (QED) is 0.727. The van der Waals surface area contributed by atoms with E-state index in [0.29, 0.717) is 11.4 Å². The van der Waals surface area contributed by atoms with Gasteiger partial charge in [-0.1, -0.05) is 6.92 Å². The van der Waals surface area contributed by atoms with Crippen LogP contribution in [-0.2, 0) is 16.6 Å². The average Bonchev–Trinajstić information content (AvgIpc) is 2.67. The molecule has 0 saturated heterocycles. The Bertz CT molecular complexity index is 423. The van der Waals surface area contributed by atoms with Crippen LogP contribution < -0.4 is 5.32 Å². The third-order valence-corrected chi connectivity index (χ3v) is 4.03. The Kier molecular flexibility index (Phi) is 4.52. The van der Waals surface area contributed by atoms with Crippen LogP contribution in [0.25, 0.3) is 0 Å². The van der Waals surface area contributed by atoms with Crippen molar-refractivity contribution in [2.24, 2.45) is 0 Å². The number of aromatic amines is 1. The molecule has 1 aromatic heterocycles. The van der Waals surface area contributed by atoms with Gasteiger partial charge in [0.25, 0.3) is 0 Å². The van der Waals surface area contributed by atoms with Crippen LogP contribution in [0, 0.1) is 0 Å². The predicted octanol–water partition coefficient (Wildman–Crippen LogP) is 0.765. The van der Waals surface area contributed by atoms with Crippen molar-refractivity contribution in [1.29, 1.82) is 0 Å². The second kappa shape index (κ2) is 5.47. The summed E-state index contributed by atoms with van der Waals surface area (Å²) >= 11 is 0. The number of sulfonamides is 1. The highest BCUT2D eigenvalue weighted by Gasteiger charge is 2.18. The molecule has 1 heterocycles. The van der Waals surface area contributed by atoms with Crippen molar-refractivity contribution in [2.45, 2.75) is 24.8 Å². The topological polar surface area (TPSA) is 65.2 Å². The first kappa shape index (κ1) is 13.2. The molecule has 0 radical (unpaired) electrons. The first-order chi connectivity index (χ1) is 7.48. The first-order valence-electron chi connectivity index (χ1n) is 5.29. The standard InChI is InChI=1S/C10H19N3O2S/c1-4-5-11-7-9-6-10(8-12-9)16(14,15)13(2)3/h6,8,11-12H,4-5,7H2,1-3H3. The second-order valence-electron chi connectivity index (χ2n) is 3.82. The number of hydrogen-bond donors (Lipinski definition) is 2. The Hall–Kier alpha value is -0.850. The van der Waals surface area contributed by atoms with Gasteiger partial charge in [-0.05, 0) is 19.0 Å². The highest BCUT2D eigenvalue weighted by Crippen LogP contribution is 2.13. The molecule has 0 aliphatic carbocycles. The Labute approximate surface area is 96.9 Å². The lowest BCUT2D eigenvalue weighted by Crippen LogP contribution is -2.21. The van der Waals surface area contributed by atoms with E-state index in [9.17, 15) is 8.42 Å². The minimum Gasteiger partial charge on any atom is -0.363 e. The van der Waals surface area contributed by atoms with E-state index in [1.807, 2.05) is 0 Å². The van der Waals surface area contributed by atoms with Crippen molar-refractivity contribution < 1.29 is 8.42 Å². The molecular weight excluding hydrogens is 226 g/mol. The fourth-order valence-electron chi connectivity index (χ4n) is 1.28. The Morgan fingerprint density at radius 2 is 2.12 bits per heavy atom. The minimum atomic E-state index is -3.31. The molecule has 5 nitrogen and oxygen atoms in total. The Morgan fingerprint density at radius 1 is 1.44 bits per heavy atom. The molecule has 0 aliphatic rings. The summed E-state index contributed by atoms with van der Waals surface area (Å²) in [4.78, 5) is 3.27. The largest absolute Gasteiger partial charge is 0.363 e. The lowest BCUT2D eigenvalue weighted by Gasteiger charge is -2.08. The van der Waals surface area contributed by atoms with Crippen molar-refractivity contribution >= 4 is 10.0 Å². The second-order valence-corrected chi connectivity index (χ2v) is 5.98. The van der Waals surface area contributed by atoms with Crippen LogP contribution >= 0.6 is 0 Å². The zero-order chi connectivity index (χ0) is 12.2. The zero-order valence-corrected chi connectivity index (χ0v) is 10.8. The maximum atomic E-state index is 11.8. The number of rotatable bonds is 6. The van der Waals surface area contributed by atoms with Gasteiger partial charge >= 0.3 is 0 Å². The summed E-state index contributed by atoms with van der Waals surface area (Å²) < 4.78 is 24.7. The third kappa shape index (κ3) is 3.07. The van der Waals surface area contributed by atoms with E-state index in [4.69, 9.17) is 0 Å².